The van der Waals surface area contributed by atoms with Gasteiger partial charge in [-0.05, 0) is 48.4 Å². The van der Waals surface area contributed by atoms with E-state index in [-0.39, 0.29) is 24.8 Å². The third kappa shape index (κ3) is 4.74. The van der Waals surface area contributed by atoms with Gasteiger partial charge in [-0.3, -0.25) is 0 Å². The Kier molecular flexibility index (Phi) is 8.56. The summed E-state index contributed by atoms with van der Waals surface area (Å²) >= 11 is 9.14. The van der Waals surface area contributed by atoms with Gasteiger partial charge < -0.3 is 9.64 Å². The fourth-order valence-corrected chi connectivity index (χ4v) is 2.30. The standard InChI is InChI=1S/C11H14BrClN2O.2ClH/c1-15-4-2-3-8(15)7-16-9-5-10(12)11(13)14-6-9;;/h5-6,8H,2-4,7H2,1H3;2*1H/t8-;;/m0../s1. The van der Waals surface area contributed by atoms with Crippen LogP contribution < -0.4 is 4.74 Å². The van der Waals surface area contributed by atoms with Crippen LogP contribution >= 0.6 is 52.3 Å². The van der Waals surface area contributed by atoms with Crippen molar-refractivity contribution in [2.75, 3.05) is 20.2 Å². The van der Waals surface area contributed by atoms with Gasteiger partial charge >= 0.3 is 0 Å². The molecule has 2 rings (SSSR count). The lowest BCUT2D eigenvalue weighted by Gasteiger charge is -2.19. The van der Waals surface area contributed by atoms with Crippen LogP contribution in [0, 0.1) is 0 Å². The van der Waals surface area contributed by atoms with Crippen LogP contribution in [0.3, 0.4) is 0 Å². The minimum absolute atomic E-state index is 0. The molecule has 2 heterocycles. The van der Waals surface area contributed by atoms with E-state index in [1.165, 1.54) is 12.8 Å². The van der Waals surface area contributed by atoms with E-state index in [0.717, 1.165) is 16.8 Å². The molecule has 0 spiro atoms. The molecule has 0 amide bonds. The van der Waals surface area contributed by atoms with E-state index < -0.39 is 0 Å². The van der Waals surface area contributed by atoms with Crippen LogP contribution in [0.5, 0.6) is 5.75 Å². The van der Waals surface area contributed by atoms with Crippen molar-refractivity contribution in [2.24, 2.45) is 0 Å². The topological polar surface area (TPSA) is 25.4 Å². The SMILES string of the molecule is CN1CCC[C@H]1COc1cnc(Cl)c(Br)c1.Cl.Cl. The van der Waals surface area contributed by atoms with Crippen molar-refractivity contribution >= 4 is 52.3 Å². The van der Waals surface area contributed by atoms with Gasteiger partial charge in [0.1, 0.15) is 17.5 Å². The highest BCUT2D eigenvalue weighted by molar-refractivity contribution is 9.10. The summed E-state index contributed by atoms with van der Waals surface area (Å²) in [4.78, 5) is 6.35. The first kappa shape index (κ1) is 18.3. The molecule has 0 radical (unpaired) electrons. The Bertz CT molecular complexity index is 381. The average Bonchev–Trinajstić information content (AvgIpc) is 2.66. The van der Waals surface area contributed by atoms with Crippen molar-refractivity contribution in [2.45, 2.75) is 18.9 Å². The number of hydrogen-bond acceptors (Lipinski definition) is 3. The van der Waals surface area contributed by atoms with E-state index in [2.05, 4.69) is 32.9 Å². The van der Waals surface area contributed by atoms with Gasteiger partial charge in [0.15, 0.2) is 0 Å². The normalized spacial score (nSPS) is 18.9. The second kappa shape index (κ2) is 8.43. The summed E-state index contributed by atoms with van der Waals surface area (Å²) in [6.45, 7) is 1.88. The van der Waals surface area contributed by atoms with Crippen LogP contribution in [0.2, 0.25) is 5.15 Å². The summed E-state index contributed by atoms with van der Waals surface area (Å²) in [7, 11) is 2.14. The third-order valence-corrected chi connectivity index (χ3v) is 4.02. The fourth-order valence-electron chi connectivity index (χ4n) is 1.86. The lowest BCUT2D eigenvalue weighted by Crippen LogP contribution is -2.30. The van der Waals surface area contributed by atoms with Crippen LogP contribution in [-0.2, 0) is 0 Å². The van der Waals surface area contributed by atoms with Crippen molar-refractivity contribution < 1.29 is 4.74 Å². The summed E-state index contributed by atoms with van der Waals surface area (Å²) in [6, 6.07) is 2.37. The van der Waals surface area contributed by atoms with Gasteiger partial charge in [0, 0.05) is 6.04 Å². The van der Waals surface area contributed by atoms with Crippen molar-refractivity contribution in [3.05, 3.63) is 21.9 Å². The van der Waals surface area contributed by atoms with Crippen molar-refractivity contribution in [3.8, 4) is 5.75 Å². The monoisotopic (exact) mass is 376 g/mol. The number of likely N-dealkylation sites (tertiary alicyclic amines) is 1. The lowest BCUT2D eigenvalue weighted by atomic mass is 10.2. The zero-order valence-electron chi connectivity index (χ0n) is 9.94. The predicted molar refractivity (Wildman–Crippen MR) is 82.6 cm³/mol. The maximum Gasteiger partial charge on any atom is 0.143 e. The van der Waals surface area contributed by atoms with E-state index in [4.69, 9.17) is 16.3 Å². The fraction of sp³-hybridized carbons (Fsp3) is 0.545. The quantitative estimate of drug-likeness (QED) is 0.748. The van der Waals surface area contributed by atoms with E-state index in [1.807, 2.05) is 6.07 Å². The Hall–Kier alpha value is 0.260. The van der Waals surface area contributed by atoms with Gasteiger partial charge in [0.25, 0.3) is 0 Å². The molecule has 1 saturated heterocycles. The molecule has 0 N–H and O–H groups in total. The largest absolute Gasteiger partial charge is 0.490 e. The number of likely N-dealkylation sites (N-methyl/N-ethyl adjacent to an activating group) is 1. The molecule has 1 aliphatic rings. The Labute approximate surface area is 133 Å². The van der Waals surface area contributed by atoms with Gasteiger partial charge in [-0.25, -0.2) is 4.98 Å². The number of rotatable bonds is 3. The molecule has 0 aliphatic carbocycles. The average molecular weight is 379 g/mol. The summed E-state index contributed by atoms with van der Waals surface area (Å²) in [5.41, 5.74) is 0. The Balaban J connectivity index is 0.00000144. The van der Waals surface area contributed by atoms with E-state index in [0.29, 0.717) is 17.8 Å². The number of halogens is 4. The highest BCUT2D eigenvalue weighted by atomic mass is 79.9. The number of ether oxygens (including phenoxy) is 1. The number of nitrogens with zero attached hydrogens (tertiary/aromatic N) is 2. The summed E-state index contributed by atoms with van der Waals surface area (Å²) < 4.78 is 6.47. The Morgan fingerprint density at radius 3 is 2.83 bits per heavy atom. The Morgan fingerprint density at radius 1 is 1.56 bits per heavy atom. The molecule has 1 atom stereocenters. The van der Waals surface area contributed by atoms with E-state index in [9.17, 15) is 0 Å². The third-order valence-electron chi connectivity index (χ3n) is 2.89. The van der Waals surface area contributed by atoms with Gasteiger partial charge in [-0.1, -0.05) is 11.6 Å². The molecule has 0 aromatic carbocycles. The molecule has 3 nitrogen and oxygen atoms in total. The molecule has 104 valence electrons. The molecule has 0 saturated carbocycles. The second-order valence-electron chi connectivity index (χ2n) is 4.03. The van der Waals surface area contributed by atoms with Gasteiger partial charge in [0.05, 0.1) is 10.7 Å². The number of aromatic nitrogens is 1. The summed E-state index contributed by atoms with van der Waals surface area (Å²) in [5.74, 6) is 0.761. The van der Waals surface area contributed by atoms with Crippen LogP contribution in [0.4, 0.5) is 0 Å². The molecule has 1 aromatic rings. The van der Waals surface area contributed by atoms with E-state index >= 15 is 0 Å². The molecular formula is C11H16BrCl3N2O. The molecule has 0 unspecified atom stereocenters. The first-order valence-corrected chi connectivity index (χ1v) is 6.48. The van der Waals surface area contributed by atoms with Crippen molar-refractivity contribution in [1.29, 1.82) is 0 Å². The van der Waals surface area contributed by atoms with Gasteiger partial charge in [-0.2, -0.15) is 0 Å². The number of hydrogen-bond donors (Lipinski definition) is 0. The second-order valence-corrected chi connectivity index (χ2v) is 5.24. The van der Waals surface area contributed by atoms with Gasteiger partial charge in [0.2, 0.25) is 0 Å². The first-order valence-electron chi connectivity index (χ1n) is 5.31. The molecular weight excluding hydrogens is 362 g/mol. The zero-order valence-corrected chi connectivity index (χ0v) is 13.9. The molecule has 1 aromatic heterocycles. The molecule has 7 heteroatoms. The first-order chi connectivity index (χ1) is 7.66. The van der Waals surface area contributed by atoms with Crippen molar-refractivity contribution in [3.63, 3.8) is 0 Å². The zero-order chi connectivity index (χ0) is 11.5. The summed E-state index contributed by atoms with van der Waals surface area (Å²) in [6.07, 6.45) is 4.12. The lowest BCUT2D eigenvalue weighted by molar-refractivity contribution is 0.198. The minimum atomic E-state index is 0. The molecule has 1 fully saturated rings. The van der Waals surface area contributed by atoms with Crippen LogP contribution in [0.1, 0.15) is 12.8 Å². The van der Waals surface area contributed by atoms with Gasteiger partial charge in [-0.15, -0.1) is 24.8 Å². The van der Waals surface area contributed by atoms with Crippen LogP contribution in [0.25, 0.3) is 0 Å². The van der Waals surface area contributed by atoms with Crippen molar-refractivity contribution in [1.82, 2.24) is 9.88 Å². The summed E-state index contributed by atoms with van der Waals surface area (Å²) in [5, 5.41) is 0.463. The molecule has 18 heavy (non-hydrogen) atoms. The maximum atomic E-state index is 5.81. The Morgan fingerprint density at radius 2 is 2.28 bits per heavy atom. The minimum Gasteiger partial charge on any atom is -0.490 e. The van der Waals surface area contributed by atoms with Crippen LogP contribution in [-0.4, -0.2) is 36.1 Å². The number of pyridine rings is 1. The van der Waals surface area contributed by atoms with E-state index in [1.54, 1.807) is 6.20 Å². The highest BCUT2D eigenvalue weighted by Crippen LogP contribution is 2.25. The maximum absolute atomic E-state index is 5.81. The predicted octanol–water partition coefficient (Wildman–Crippen LogP) is 3.81. The van der Waals surface area contributed by atoms with Crippen LogP contribution in [0.15, 0.2) is 16.7 Å². The molecule has 1 aliphatic heterocycles. The smallest absolute Gasteiger partial charge is 0.143 e. The molecule has 0 bridgehead atoms. The highest BCUT2D eigenvalue weighted by Gasteiger charge is 2.21.